The molecule has 4 rings (SSSR count). The lowest BCUT2D eigenvalue weighted by Crippen LogP contribution is -1.91. The van der Waals surface area contributed by atoms with Crippen LogP contribution in [0.3, 0.4) is 0 Å². The zero-order valence-electron chi connectivity index (χ0n) is 15.5. The molecule has 4 aromatic rings. The van der Waals surface area contributed by atoms with E-state index in [1.807, 2.05) is 32.2 Å². The fourth-order valence-corrected chi connectivity index (χ4v) is 3.47. The first-order chi connectivity index (χ1) is 12.7. The van der Waals surface area contributed by atoms with Crippen LogP contribution in [0.1, 0.15) is 25.0 Å². The smallest absolute Gasteiger partial charge is 0.169 e. The molecule has 0 saturated heterocycles. The van der Waals surface area contributed by atoms with Crippen LogP contribution in [0.5, 0.6) is 0 Å². The highest BCUT2D eigenvalue weighted by atomic mass is 32.2. The van der Waals surface area contributed by atoms with Crippen molar-refractivity contribution in [2.75, 3.05) is 0 Å². The van der Waals surface area contributed by atoms with Gasteiger partial charge in [0.15, 0.2) is 5.65 Å². The monoisotopic (exact) mass is 362 g/mol. The number of hydrogen-bond donors (Lipinski definition) is 0. The molecule has 0 atom stereocenters. The summed E-state index contributed by atoms with van der Waals surface area (Å²) in [6, 6.07) is 12.4. The lowest BCUT2D eigenvalue weighted by molar-refractivity contribution is 1.21. The quantitative estimate of drug-likeness (QED) is 0.469. The van der Waals surface area contributed by atoms with Gasteiger partial charge in [0.25, 0.3) is 0 Å². The van der Waals surface area contributed by atoms with Crippen LogP contribution >= 0.6 is 11.9 Å². The minimum Gasteiger partial charge on any atom is -0.269 e. The largest absolute Gasteiger partial charge is 0.269 e. The Balaban J connectivity index is 0.000000948. The third-order valence-electron chi connectivity index (χ3n) is 3.85. The van der Waals surface area contributed by atoms with Gasteiger partial charge in [-0.25, -0.2) is 9.97 Å². The van der Waals surface area contributed by atoms with E-state index in [9.17, 15) is 0 Å². The van der Waals surface area contributed by atoms with E-state index in [-0.39, 0.29) is 0 Å². The van der Waals surface area contributed by atoms with Crippen molar-refractivity contribution in [1.82, 2.24) is 18.9 Å². The standard InChI is InChI=1S/C19H16N4S.C2H6/c1-13-3-5-16(6-4-13)24-23-12-14(2)18-19(23)21-11-17(22-18)15-7-9-20-10-8-15;1-2/h3-12H,1-2H3;1-2H3. The van der Waals surface area contributed by atoms with E-state index >= 15 is 0 Å². The molecule has 3 aromatic heterocycles. The molecule has 0 aliphatic rings. The Labute approximate surface area is 158 Å². The third-order valence-corrected chi connectivity index (χ3v) is 4.81. The van der Waals surface area contributed by atoms with Gasteiger partial charge in [-0.15, -0.1) is 0 Å². The van der Waals surface area contributed by atoms with E-state index in [0.717, 1.165) is 28.0 Å². The van der Waals surface area contributed by atoms with Gasteiger partial charge in [-0.1, -0.05) is 31.5 Å². The van der Waals surface area contributed by atoms with E-state index in [4.69, 9.17) is 4.98 Å². The van der Waals surface area contributed by atoms with E-state index in [1.165, 1.54) is 10.5 Å². The Morgan fingerprint density at radius 3 is 2.31 bits per heavy atom. The summed E-state index contributed by atoms with van der Waals surface area (Å²) >= 11 is 1.65. The lowest BCUT2D eigenvalue weighted by Gasteiger charge is -2.05. The van der Waals surface area contributed by atoms with E-state index < -0.39 is 0 Å². The van der Waals surface area contributed by atoms with E-state index in [0.29, 0.717) is 0 Å². The highest BCUT2D eigenvalue weighted by molar-refractivity contribution is 7.98. The van der Waals surface area contributed by atoms with E-state index in [2.05, 4.69) is 58.3 Å². The molecule has 0 saturated carbocycles. The molecule has 3 heterocycles. The van der Waals surface area contributed by atoms with Gasteiger partial charge >= 0.3 is 0 Å². The second kappa shape index (κ2) is 8.15. The average molecular weight is 363 g/mol. The van der Waals surface area contributed by atoms with Crippen molar-refractivity contribution in [3.63, 3.8) is 0 Å². The lowest BCUT2D eigenvalue weighted by atomic mass is 10.2. The van der Waals surface area contributed by atoms with Gasteiger partial charge in [-0.05, 0) is 55.6 Å². The van der Waals surface area contributed by atoms with Gasteiger partial charge in [0.1, 0.15) is 5.52 Å². The van der Waals surface area contributed by atoms with Gasteiger partial charge < -0.3 is 0 Å². The van der Waals surface area contributed by atoms with Crippen LogP contribution in [-0.2, 0) is 0 Å². The number of pyridine rings is 1. The Morgan fingerprint density at radius 1 is 0.923 bits per heavy atom. The maximum absolute atomic E-state index is 4.80. The minimum atomic E-state index is 0.867. The molecule has 132 valence electrons. The van der Waals surface area contributed by atoms with E-state index in [1.54, 1.807) is 24.3 Å². The SMILES string of the molecule is CC.Cc1ccc(Sn2cc(C)c3nc(-c4ccncc4)cnc32)cc1. The van der Waals surface area contributed by atoms with Gasteiger partial charge in [-0.3, -0.25) is 8.96 Å². The third kappa shape index (κ3) is 3.78. The molecule has 1 aromatic carbocycles. The molecule has 0 fully saturated rings. The van der Waals surface area contributed by atoms with Gasteiger partial charge in [0, 0.05) is 29.0 Å². The van der Waals surface area contributed by atoms with Crippen molar-refractivity contribution in [2.45, 2.75) is 32.6 Å². The van der Waals surface area contributed by atoms with Crippen LogP contribution < -0.4 is 0 Å². The first-order valence-corrected chi connectivity index (χ1v) is 9.48. The van der Waals surface area contributed by atoms with Crippen LogP contribution in [-0.4, -0.2) is 18.9 Å². The fraction of sp³-hybridized carbons (Fsp3) is 0.190. The molecule has 0 bridgehead atoms. The van der Waals surface area contributed by atoms with Crippen molar-refractivity contribution in [1.29, 1.82) is 0 Å². The maximum Gasteiger partial charge on any atom is 0.169 e. The zero-order valence-corrected chi connectivity index (χ0v) is 16.3. The maximum atomic E-state index is 4.80. The molecule has 0 unspecified atom stereocenters. The molecule has 0 spiro atoms. The Hall–Kier alpha value is -2.66. The number of hydrogen-bond acceptors (Lipinski definition) is 4. The summed E-state index contributed by atoms with van der Waals surface area (Å²) in [5.74, 6) is 0. The molecular weight excluding hydrogens is 340 g/mol. The summed E-state index contributed by atoms with van der Waals surface area (Å²) in [4.78, 5) is 14.7. The van der Waals surface area contributed by atoms with Crippen LogP contribution in [0.15, 0.2) is 66.1 Å². The Kier molecular flexibility index (Phi) is 5.68. The first-order valence-electron chi connectivity index (χ1n) is 8.71. The molecular formula is C21H22N4S. The highest BCUT2D eigenvalue weighted by Crippen LogP contribution is 2.28. The summed E-state index contributed by atoms with van der Waals surface area (Å²) in [5, 5.41) is 0. The van der Waals surface area contributed by atoms with Gasteiger partial charge in [-0.2, -0.15) is 0 Å². The minimum absolute atomic E-state index is 0.867. The van der Waals surface area contributed by atoms with Crippen molar-refractivity contribution < 1.29 is 0 Å². The molecule has 0 aliphatic heterocycles. The van der Waals surface area contributed by atoms with Crippen LogP contribution in [0, 0.1) is 13.8 Å². The molecule has 0 radical (unpaired) electrons. The first kappa shape index (κ1) is 18.1. The second-order valence-electron chi connectivity index (χ2n) is 5.71. The summed E-state index contributed by atoms with van der Waals surface area (Å²) in [6.45, 7) is 8.16. The summed E-state index contributed by atoms with van der Waals surface area (Å²) in [6.07, 6.45) is 7.45. The normalized spacial score (nSPS) is 10.5. The summed E-state index contributed by atoms with van der Waals surface area (Å²) in [5.41, 5.74) is 6.09. The molecule has 0 aliphatic carbocycles. The highest BCUT2D eigenvalue weighted by Gasteiger charge is 2.11. The van der Waals surface area contributed by atoms with Gasteiger partial charge in [0.2, 0.25) is 0 Å². The molecule has 0 amide bonds. The van der Waals surface area contributed by atoms with Crippen LogP contribution in [0.25, 0.3) is 22.4 Å². The molecule has 26 heavy (non-hydrogen) atoms. The Morgan fingerprint density at radius 2 is 1.62 bits per heavy atom. The predicted molar refractivity (Wildman–Crippen MR) is 109 cm³/mol. The molecule has 5 heteroatoms. The zero-order chi connectivity index (χ0) is 18.5. The van der Waals surface area contributed by atoms with Crippen LogP contribution in [0.2, 0.25) is 0 Å². The Bertz CT molecular complexity index is 992. The number of fused-ring (bicyclic) bond motifs is 1. The average Bonchev–Trinajstić information content (AvgIpc) is 3.01. The number of benzene rings is 1. The number of rotatable bonds is 3. The topological polar surface area (TPSA) is 43.6 Å². The van der Waals surface area contributed by atoms with Crippen LogP contribution in [0.4, 0.5) is 0 Å². The predicted octanol–water partition coefficient (Wildman–Crippen LogP) is 5.69. The molecule has 4 nitrogen and oxygen atoms in total. The molecule has 0 N–H and O–H groups in total. The van der Waals surface area contributed by atoms with Crippen molar-refractivity contribution in [2.24, 2.45) is 0 Å². The number of aromatic nitrogens is 4. The van der Waals surface area contributed by atoms with Crippen molar-refractivity contribution >= 4 is 23.1 Å². The fourth-order valence-electron chi connectivity index (χ4n) is 2.55. The summed E-state index contributed by atoms with van der Waals surface area (Å²) in [7, 11) is 0. The van der Waals surface area contributed by atoms with Gasteiger partial charge in [0.05, 0.1) is 11.9 Å². The van der Waals surface area contributed by atoms with Crippen molar-refractivity contribution in [3.8, 4) is 11.3 Å². The summed E-state index contributed by atoms with van der Waals surface area (Å²) < 4.78 is 2.08. The number of nitrogens with zero attached hydrogens (tertiary/aromatic N) is 4. The second-order valence-corrected chi connectivity index (χ2v) is 6.75. The number of aryl methyl sites for hydroxylation is 2. The van der Waals surface area contributed by atoms with Crippen molar-refractivity contribution in [3.05, 3.63) is 72.3 Å².